The molecule has 4 nitrogen and oxygen atoms in total. The number of hydrogen-bond donors (Lipinski definition) is 1. The molecule has 162 valence electrons. The molecule has 0 aliphatic heterocycles. The van der Waals surface area contributed by atoms with Crippen LogP contribution in [0.5, 0.6) is 0 Å². The Morgan fingerprint density at radius 3 is 2.20 bits per heavy atom. The van der Waals surface area contributed by atoms with Gasteiger partial charge in [0.25, 0.3) is 0 Å². The molecule has 0 aromatic heterocycles. The monoisotopic (exact) mass is 448 g/mol. The zero-order valence-electron chi connectivity index (χ0n) is 17.8. The first-order chi connectivity index (χ1) is 14.3. The molecule has 0 unspecified atom stereocenters. The van der Waals surface area contributed by atoms with Crippen LogP contribution in [0.25, 0.3) is 0 Å². The quantitative estimate of drug-likeness (QED) is 0.520. The van der Waals surface area contributed by atoms with Crippen molar-refractivity contribution in [1.82, 2.24) is 10.2 Å². The molecule has 0 fully saturated rings. The topological polar surface area (TPSA) is 49.4 Å². The fourth-order valence-corrected chi connectivity index (χ4v) is 3.70. The minimum absolute atomic E-state index is 0.0888. The van der Waals surface area contributed by atoms with E-state index in [1.54, 1.807) is 23.1 Å². The molecule has 2 aromatic carbocycles. The van der Waals surface area contributed by atoms with Gasteiger partial charge in [-0.2, -0.15) is 0 Å². The van der Waals surface area contributed by atoms with Crippen LogP contribution in [0, 0.1) is 5.92 Å². The predicted molar refractivity (Wildman–Crippen MR) is 124 cm³/mol. The van der Waals surface area contributed by atoms with E-state index in [1.165, 1.54) is 0 Å². The van der Waals surface area contributed by atoms with Gasteiger partial charge in [-0.3, -0.25) is 9.59 Å². The van der Waals surface area contributed by atoms with E-state index in [0.717, 1.165) is 5.56 Å². The molecule has 1 N–H and O–H groups in total. The van der Waals surface area contributed by atoms with E-state index in [4.69, 9.17) is 23.2 Å². The van der Waals surface area contributed by atoms with E-state index in [0.29, 0.717) is 47.3 Å². The summed E-state index contributed by atoms with van der Waals surface area (Å²) < 4.78 is 0. The van der Waals surface area contributed by atoms with E-state index in [2.05, 4.69) is 5.32 Å². The summed E-state index contributed by atoms with van der Waals surface area (Å²) in [5, 5.41) is 3.96. The Kier molecular flexibility index (Phi) is 9.67. The fourth-order valence-electron chi connectivity index (χ4n) is 3.19. The average molecular weight is 449 g/mol. The molecule has 0 spiro atoms. The van der Waals surface area contributed by atoms with Crippen molar-refractivity contribution >= 4 is 35.0 Å². The second kappa shape index (κ2) is 12.0. The highest BCUT2D eigenvalue weighted by Crippen LogP contribution is 2.27. The van der Waals surface area contributed by atoms with Crippen LogP contribution in [0.15, 0.2) is 48.5 Å². The van der Waals surface area contributed by atoms with Crippen molar-refractivity contribution < 1.29 is 9.59 Å². The van der Waals surface area contributed by atoms with Gasteiger partial charge in [0.15, 0.2) is 0 Å². The molecule has 0 heterocycles. The van der Waals surface area contributed by atoms with Crippen LogP contribution in [0.1, 0.15) is 44.7 Å². The Balaban J connectivity index is 2.41. The van der Waals surface area contributed by atoms with Gasteiger partial charge in [0.05, 0.1) is 0 Å². The summed E-state index contributed by atoms with van der Waals surface area (Å²) in [5.74, 6) is 0.0541. The van der Waals surface area contributed by atoms with E-state index in [1.807, 2.05) is 51.1 Å². The lowest BCUT2D eigenvalue weighted by Crippen LogP contribution is -2.51. The SMILES string of the molecule is CCCC(=O)N(Cc1c(Cl)cccc1Cl)[C@@H](Cc1ccccc1)C(=O)NCC(C)C. The molecule has 2 amide bonds. The van der Waals surface area contributed by atoms with Crippen LogP contribution < -0.4 is 5.32 Å². The van der Waals surface area contributed by atoms with Crippen molar-refractivity contribution in [3.8, 4) is 0 Å². The first-order valence-corrected chi connectivity index (χ1v) is 11.1. The summed E-state index contributed by atoms with van der Waals surface area (Å²) in [4.78, 5) is 27.9. The number of nitrogens with zero attached hydrogens (tertiary/aromatic N) is 1. The van der Waals surface area contributed by atoms with Crippen LogP contribution in [-0.2, 0) is 22.6 Å². The van der Waals surface area contributed by atoms with Gasteiger partial charge in [-0.1, -0.05) is 80.4 Å². The Hall–Kier alpha value is -2.04. The molecule has 0 saturated heterocycles. The summed E-state index contributed by atoms with van der Waals surface area (Å²) in [5.41, 5.74) is 1.64. The van der Waals surface area contributed by atoms with Gasteiger partial charge < -0.3 is 10.2 Å². The van der Waals surface area contributed by atoms with Crippen LogP contribution in [0.2, 0.25) is 10.0 Å². The Labute approximate surface area is 189 Å². The van der Waals surface area contributed by atoms with Crippen LogP contribution >= 0.6 is 23.2 Å². The Bertz CT molecular complexity index is 820. The summed E-state index contributed by atoms with van der Waals surface area (Å²) in [7, 11) is 0. The maximum atomic E-state index is 13.2. The van der Waals surface area contributed by atoms with E-state index >= 15 is 0 Å². The van der Waals surface area contributed by atoms with Crippen molar-refractivity contribution in [3.63, 3.8) is 0 Å². The van der Waals surface area contributed by atoms with Gasteiger partial charge in [-0.05, 0) is 30.0 Å². The number of carbonyl (C=O) groups excluding carboxylic acids is 2. The maximum Gasteiger partial charge on any atom is 0.243 e. The Morgan fingerprint density at radius 1 is 1.00 bits per heavy atom. The van der Waals surface area contributed by atoms with Crippen molar-refractivity contribution in [3.05, 3.63) is 69.7 Å². The standard InChI is InChI=1S/C24H30Cl2N2O2/c1-4-9-23(29)28(16-19-20(25)12-8-13-21(19)26)22(24(30)27-15-17(2)3)14-18-10-6-5-7-11-18/h5-8,10-13,17,22H,4,9,14-16H2,1-3H3,(H,27,30)/t22-/m0/s1. The maximum absolute atomic E-state index is 13.2. The van der Waals surface area contributed by atoms with Gasteiger partial charge in [-0.15, -0.1) is 0 Å². The molecule has 2 rings (SSSR count). The molecule has 0 saturated carbocycles. The third-order valence-electron chi connectivity index (χ3n) is 4.81. The van der Waals surface area contributed by atoms with E-state index in [9.17, 15) is 9.59 Å². The highest BCUT2D eigenvalue weighted by Gasteiger charge is 2.30. The number of carbonyl (C=O) groups is 2. The number of nitrogens with one attached hydrogen (secondary N) is 1. The van der Waals surface area contributed by atoms with Crippen molar-refractivity contribution in [2.75, 3.05) is 6.54 Å². The summed E-state index contributed by atoms with van der Waals surface area (Å²) in [6, 6.07) is 14.3. The highest BCUT2D eigenvalue weighted by atomic mass is 35.5. The number of halogens is 2. The third kappa shape index (κ3) is 7.03. The normalized spacial score (nSPS) is 11.9. The van der Waals surface area contributed by atoms with Crippen molar-refractivity contribution in [2.45, 2.75) is 52.6 Å². The van der Waals surface area contributed by atoms with Gasteiger partial charge in [0.2, 0.25) is 11.8 Å². The number of amides is 2. The van der Waals surface area contributed by atoms with Crippen LogP contribution in [0.4, 0.5) is 0 Å². The second-order valence-electron chi connectivity index (χ2n) is 7.82. The molecule has 0 aliphatic carbocycles. The molecular weight excluding hydrogens is 419 g/mol. The number of rotatable bonds is 10. The smallest absolute Gasteiger partial charge is 0.243 e. The third-order valence-corrected chi connectivity index (χ3v) is 5.52. The predicted octanol–water partition coefficient (Wildman–Crippen LogP) is 5.51. The molecular formula is C24H30Cl2N2O2. The highest BCUT2D eigenvalue weighted by molar-refractivity contribution is 6.36. The van der Waals surface area contributed by atoms with Crippen molar-refractivity contribution in [2.24, 2.45) is 5.92 Å². The van der Waals surface area contributed by atoms with Crippen LogP contribution in [-0.4, -0.2) is 29.3 Å². The van der Waals surface area contributed by atoms with Gasteiger partial charge in [0, 0.05) is 41.5 Å². The average Bonchev–Trinajstić information content (AvgIpc) is 2.71. The van der Waals surface area contributed by atoms with E-state index < -0.39 is 6.04 Å². The molecule has 30 heavy (non-hydrogen) atoms. The molecule has 6 heteroatoms. The second-order valence-corrected chi connectivity index (χ2v) is 8.63. The van der Waals surface area contributed by atoms with Crippen LogP contribution in [0.3, 0.4) is 0 Å². The zero-order chi connectivity index (χ0) is 22.1. The zero-order valence-corrected chi connectivity index (χ0v) is 19.3. The summed E-state index contributed by atoms with van der Waals surface area (Å²) >= 11 is 12.8. The molecule has 0 aliphatic rings. The molecule has 0 bridgehead atoms. The molecule has 1 atom stereocenters. The largest absolute Gasteiger partial charge is 0.354 e. The lowest BCUT2D eigenvalue weighted by atomic mass is 10.0. The summed E-state index contributed by atoms with van der Waals surface area (Å²) in [6.07, 6.45) is 1.46. The number of benzene rings is 2. The van der Waals surface area contributed by atoms with Gasteiger partial charge >= 0.3 is 0 Å². The number of hydrogen-bond acceptors (Lipinski definition) is 2. The Morgan fingerprint density at radius 2 is 1.63 bits per heavy atom. The summed E-state index contributed by atoms with van der Waals surface area (Å²) in [6.45, 7) is 6.76. The first-order valence-electron chi connectivity index (χ1n) is 10.4. The molecule has 0 radical (unpaired) electrons. The minimum Gasteiger partial charge on any atom is -0.354 e. The van der Waals surface area contributed by atoms with Gasteiger partial charge in [0.1, 0.15) is 6.04 Å². The fraction of sp³-hybridized carbons (Fsp3) is 0.417. The first kappa shape index (κ1) is 24.2. The van der Waals surface area contributed by atoms with Crippen molar-refractivity contribution in [1.29, 1.82) is 0 Å². The molecule has 2 aromatic rings. The lowest BCUT2D eigenvalue weighted by Gasteiger charge is -2.32. The van der Waals surface area contributed by atoms with Gasteiger partial charge in [-0.25, -0.2) is 0 Å². The minimum atomic E-state index is -0.655. The lowest BCUT2D eigenvalue weighted by molar-refractivity contribution is -0.141. The van der Waals surface area contributed by atoms with E-state index in [-0.39, 0.29) is 18.4 Å².